The molecule has 0 bridgehead atoms. The molecule has 212 valence electrons. The molecule has 8 nitrogen and oxygen atoms in total. The third-order valence-corrected chi connectivity index (χ3v) is 8.02. The van der Waals surface area contributed by atoms with Gasteiger partial charge in [-0.25, -0.2) is 0 Å². The molecule has 2 heterocycles. The molecule has 2 aliphatic heterocycles. The van der Waals surface area contributed by atoms with E-state index in [0.29, 0.717) is 29.0 Å². The van der Waals surface area contributed by atoms with E-state index in [1.807, 2.05) is 36.4 Å². The highest BCUT2D eigenvalue weighted by Gasteiger charge is 2.52. The Hall–Kier alpha value is -4.27. The van der Waals surface area contributed by atoms with Crippen LogP contribution in [0.1, 0.15) is 47.7 Å². The number of fused-ring (bicyclic) bond motifs is 1. The number of hydrogen-bond donors (Lipinski definition) is 3. The maximum atomic E-state index is 13.8. The van der Waals surface area contributed by atoms with Crippen LogP contribution in [0.3, 0.4) is 0 Å². The lowest BCUT2D eigenvalue weighted by molar-refractivity contribution is -0.139. The molecule has 1 fully saturated rings. The number of likely N-dealkylation sites (tertiary alicyclic amines) is 1. The third-order valence-electron chi connectivity index (χ3n) is 8.02. The molecule has 0 radical (unpaired) electrons. The Morgan fingerprint density at radius 2 is 1.83 bits per heavy atom. The second-order valence-corrected chi connectivity index (χ2v) is 10.7. The summed E-state index contributed by atoms with van der Waals surface area (Å²) < 4.78 is 0. The number of nitrogens with one attached hydrogen (secondary N) is 1. The lowest BCUT2D eigenvalue weighted by Crippen LogP contribution is -2.44. The van der Waals surface area contributed by atoms with Gasteiger partial charge in [-0.05, 0) is 48.7 Å². The van der Waals surface area contributed by atoms with Gasteiger partial charge in [0, 0.05) is 35.7 Å². The van der Waals surface area contributed by atoms with Crippen LogP contribution in [-0.2, 0) is 21.7 Å². The topological polar surface area (TPSA) is 110 Å². The number of carbonyl (C=O) groups excluding carboxylic acids is 3. The van der Waals surface area contributed by atoms with Crippen LogP contribution in [0.15, 0.2) is 91.0 Å². The van der Waals surface area contributed by atoms with Crippen molar-refractivity contribution in [2.45, 2.75) is 44.4 Å². The summed E-state index contributed by atoms with van der Waals surface area (Å²) >= 11 is 0. The van der Waals surface area contributed by atoms with Crippen molar-refractivity contribution in [3.05, 3.63) is 108 Å². The molecule has 8 heteroatoms. The fraction of sp³-hybridized carbons (Fsp3) is 0.303. The predicted molar refractivity (Wildman–Crippen MR) is 157 cm³/mol. The van der Waals surface area contributed by atoms with Gasteiger partial charge in [0.15, 0.2) is 5.60 Å². The molecule has 5 rings (SSSR count). The quantitative estimate of drug-likeness (QED) is 0.344. The summed E-state index contributed by atoms with van der Waals surface area (Å²) in [6, 6.07) is 23.3. The van der Waals surface area contributed by atoms with Crippen molar-refractivity contribution >= 4 is 29.1 Å². The van der Waals surface area contributed by atoms with Gasteiger partial charge in [-0.15, -0.1) is 0 Å². The molecule has 0 spiro atoms. The van der Waals surface area contributed by atoms with Gasteiger partial charge in [0.25, 0.3) is 11.8 Å². The number of hydrogen-bond acceptors (Lipinski definition) is 5. The van der Waals surface area contributed by atoms with Gasteiger partial charge in [-0.2, -0.15) is 0 Å². The Kier molecular flexibility index (Phi) is 8.33. The lowest BCUT2D eigenvalue weighted by Gasteiger charge is -2.28. The molecular formula is C33H35N3O5. The highest BCUT2D eigenvalue weighted by atomic mass is 16.3. The molecule has 1 saturated heterocycles. The number of aliphatic hydroxyl groups excluding tert-OH is 1. The van der Waals surface area contributed by atoms with Crippen molar-refractivity contribution in [1.29, 1.82) is 0 Å². The molecule has 0 saturated carbocycles. The first-order chi connectivity index (χ1) is 19.8. The van der Waals surface area contributed by atoms with Crippen molar-refractivity contribution in [1.82, 2.24) is 4.90 Å². The van der Waals surface area contributed by atoms with Gasteiger partial charge in [0.2, 0.25) is 5.91 Å². The van der Waals surface area contributed by atoms with Gasteiger partial charge >= 0.3 is 0 Å². The minimum atomic E-state index is -1.80. The molecule has 3 atom stereocenters. The minimum Gasteiger partial charge on any atom is -0.394 e. The number of para-hydroxylation sites is 1. The number of carbonyl (C=O) groups is 3. The fourth-order valence-corrected chi connectivity index (χ4v) is 5.76. The van der Waals surface area contributed by atoms with Crippen LogP contribution in [0.25, 0.3) is 0 Å². The third kappa shape index (κ3) is 5.66. The van der Waals surface area contributed by atoms with E-state index in [9.17, 15) is 24.6 Å². The first kappa shape index (κ1) is 28.3. The Labute approximate surface area is 239 Å². The fourth-order valence-electron chi connectivity index (χ4n) is 5.76. The second-order valence-electron chi connectivity index (χ2n) is 10.7. The van der Waals surface area contributed by atoms with E-state index in [-0.39, 0.29) is 37.4 Å². The first-order valence-corrected chi connectivity index (χ1v) is 14.0. The van der Waals surface area contributed by atoms with Crippen LogP contribution in [-0.4, -0.2) is 52.0 Å². The molecule has 3 aromatic rings. The van der Waals surface area contributed by atoms with E-state index in [1.165, 1.54) is 0 Å². The maximum absolute atomic E-state index is 13.8. The smallest absolute Gasteiger partial charge is 0.264 e. The van der Waals surface area contributed by atoms with Crippen molar-refractivity contribution in [2.75, 3.05) is 23.4 Å². The molecule has 3 N–H and O–H groups in total. The van der Waals surface area contributed by atoms with E-state index in [2.05, 4.69) is 5.32 Å². The number of nitrogens with zero attached hydrogens (tertiary/aromatic N) is 2. The van der Waals surface area contributed by atoms with Crippen LogP contribution >= 0.6 is 0 Å². The van der Waals surface area contributed by atoms with Crippen molar-refractivity contribution in [3.8, 4) is 0 Å². The summed E-state index contributed by atoms with van der Waals surface area (Å²) in [7, 11) is 0. The normalized spacial score (nSPS) is 20.9. The molecule has 0 aromatic heterocycles. The van der Waals surface area contributed by atoms with Gasteiger partial charge in [0.05, 0.1) is 24.9 Å². The Morgan fingerprint density at radius 3 is 2.61 bits per heavy atom. The molecule has 3 amide bonds. The Bertz CT molecular complexity index is 1460. The van der Waals surface area contributed by atoms with Gasteiger partial charge < -0.3 is 25.3 Å². The Balaban J connectivity index is 1.31. The molecular weight excluding hydrogens is 518 g/mol. The Morgan fingerprint density at radius 1 is 1.07 bits per heavy atom. The van der Waals surface area contributed by atoms with Crippen LogP contribution in [0.4, 0.5) is 11.4 Å². The number of benzene rings is 3. The highest BCUT2D eigenvalue weighted by Crippen LogP contribution is 2.45. The van der Waals surface area contributed by atoms with E-state index < -0.39 is 17.4 Å². The number of aliphatic hydroxyl groups is 2. The summed E-state index contributed by atoms with van der Waals surface area (Å²) in [4.78, 5) is 42.4. The van der Waals surface area contributed by atoms with E-state index in [0.717, 1.165) is 18.4 Å². The lowest BCUT2D eigenvalue weighted by atomic mass is 9.83. The number of anilines is 2. The predicted octanol–water partition coefficient (Wildman–Crippen LogP) is 4.24. The maximum Gasteiger partial charge on any atom is 0.264 e. The summed E-state index contributed by atoms with van der Waals surface area (Å²) in [5.74, 6) is -1.34. The second kappa shape index (κ2) is 12.1. The first-order valence-electron chi connectivity index (χ1n) is 14.0. The summed E-state index contributed by atoms with van der Waals surface area (Å²) in [6.45, 7) is 2.56. The SMILES string of the molecule is C[C@@H](/C=C/CC(=O)N1CCC[C@H]1CO)[C@]1(O)C(=O)N(Cc2cccc(NC(=O)c3ccccc3)c2)c2ccccc21. The van der Waals surface area contributed by atoms with Gasteiger partial charge in [-0.3, -0.25) is 14.4 Å². The zero-order valence-corrected chi connectivity index (χ0v) is 23.1. The average molecular weight is 554 g/mol. The zero-order chi connectivity index (χ0) is 29.0. The molecule has 3 aromatic carbocycles. The average Bonchev–Trinajstić information content (AvgIpc) is 3.56. The summed E-state index contributed by atoms with van der Waals surface area (Å²) in [5.41, 5.74) is 1.29. The van der Waals surface area contributed by atoms with E-state index in [4.69, 9.17) is 0 Å². The standard InChI is InChI=1S/C33H35N3O5/c1-23(10-7-18-30(38)35-19-9-15-27(35)22-37)33(41)28-16-5-6-17-29(28)36(32(33)40)21-24-11-8-14-26(20-24)34-31(39)25-12-3-2-4-13-25/h2-8,10-14,16-17,20,23,27,37,41H,9,15,18-19,21-22H2,1H3,(H,34,39)/b10-7+/t23-,27-,33+/m0/s1. The number of amides is 3. The van der Waals surface area contributed by atoms with Crippen LogP contribution in [0, 0.1) is 5.92 Å². The summed E-state index contributed by atoms with van der Waals surface area (Å²) in [5, 5.41) is 24.3. The van der Waals surface area contributed by atoms with Crippen LogP contribution < -0.4 is 10.2 Å². The zero-order valence-electron chi connectivity index (χ0n) is 23.1. The van der Waals surface area contributed by atoms with Crippen LogP contribution in [0.2, 0.25) is 0 Å². The van der Waals surface area contributed by atoms with Gasteiger partial charge in [0.1, 0.15) is 0 Å². The molecule has 0 aliphatic carbocycles. The summed E-state index contributed by atoms with van der Waals surface area (Å²) in [6.07, 6.45) is 5.23. The molecule has 41 heavy (non-hydrogen) atoms. The number of rotatable bonds is 9. The van der Waals surface area contributed by atoms with E-state index in [1.54, 1.807) is 71.3 Å². The molecule has 2 aliphatic rings. The van der Waals surface area contributed by atoms with Crippen molar-refractivity contribution in [3.63, 3.8) is 0 Å². The van der Waals surface area contributed by atoms with E-state index >= 15 is 0 Å². The monoisotopic (exact) mass is 553 g/mol. The van der Waals surface area contributed by atoms with Crippen molar-refractivity contribution in [2.24, 2.45) is 5.92 Å². The largest absolute Gasteiger partial charge is 0.394 e. The van der Waals surface area contributed by atoms with Gasteiger partial charge in [-0.1, -0.05) is 67.6 Å². The minimum absolute atomic E-state index is 0.0466. The van der Waals surface area contributed by atoms with Crippen LogP contribution in [0.5, 0.6) is 0 Å². The molecule has 0 unspecified atom stereocenters. The highest BCUT2D eigenvalue weighted by molar-refractivity contribution is 6.07. The van der Waals surface area contributed by atoms with Crippen molar-refractivity contribution < 1.29 is 24.6 Å².